The Hall–Kier alpha value is -2.70. The summed E-state index contributed by atoms with van der Waals surface area (Å²) < 4.78 is 0. The van der Waals surface area contributed by atoms with Gasteiger partial charge in [-0.3, -0.25) is 9.59 Å². The fourth-order valence-corrected chi connectivity index (χ4v) is 5.29. The van der Waals surface area contributed by atoms with Gasteiger partial charge in [-0.1, -0.05) is 31.0 Å². The van der Waals surface area contributed by atoms with Crippen LogP contribution in [0.3, 0.4) is 0 Å². The fourth-order valence-electron chi connectivity index (χ4n) is 5.29. The van der Waals surface area contributed by atoms with Crippen LogP contribution in [-0.4, -0.2) is 50.3 Å². The van der Waals surface area contributed by atoms with Gasteiger partial charge in [-0.15, -0.1) is 5.10 Å². The number of hydrogen-bond donors (Lipinski definition) is 1. The summed E-state index contributed by atoms with van der Waals surface area (Å²) in [4.78, 5) is 29.3. The Bertz CT molecular complexity index is 919. The lowest BCUT2D eigenvalue weighted by molar-refractivity contribution is -0.126. The largest absolute Gasteiger partial charge is 0.351 e. The number of aryl methyl sites for hydroxylation is 1. The Morgan fingerprint density at radius 3 is 2.55 bits per heavy atom. The number of carbonyl (C=O) groups excluding carboxylic acids is 2. The number of nitrogens with one attached hydrogen (secondary N) is 1. The zero-order chi connectivity index (χ0) is 20.0. The third-order valence-corrected chi connectivity index (χ3v) is 6.77. The molecular weight excluding hydrogens is 366 g/mol. The van der Waals surface area contributed by atoms with E-state index in [1.807, 2.05) is 42.2 Å². The van der Waals surface area contributed by atoms with Crippen LogP contribution in [0.2, 0.25) is 0 Å². The summed E-state index contributed by atoms with van der Waals surface area (Å²) in [6.07, 6.45) is 6.23. The molecule has 1 aromatic heterocycles. The van der Waals surface area contributed by atoms with Crippen LogP contribution in [0.1, 0.15) is 54.7 Å². The Kier molecular flexibility index (Phi) is 4.60. The molecule has 2 aliphatic carbocycles. The molecular formula is C22H27N5O2. The SMILES string of the molecule is Cc1nn(-c2ccccc2)nc1C(=O)N1C[C@H]2C[C@@H]1[C@H](NC(=O)C1CCCC1)C2. The predicted molar refractivity (Wildman–Crippen MR) is 108 cm³/mol. The molecule has 2 heterocycles. The minimum Gasteiger partial charge on any atom is -0.351 e. The molecule has 5 rings (SSSR count). The second kappa shape index (κ2) is 7.28. The first-order valence-electron chi connectivity index (χ1n) is 10.7. The second-order valence-electron chi connectivity index (χ2n) is 8.72. The number of fused-ring (bicyclic) bond motifs is 2. The monoisotopic (exact) mass is 393 g/mol. The summed E-state index contributed by atoms with van der Waals surface area (Å²) in [5.41, 5.74) is 1.87. The third kappa shape index (κ3) is 3.32. The molecule has 3 fully saturated rings. The van der Waals surface area contributed by atoms with Crippen LogP contribution >= 0.6 is 0 Å². The Morgan fingerprint density at radius 2 is 1.83 bits per heavy atom. The van der Waals surface area contributed by atoms with Gasteiger partial charge in [-0.05, 0) is 50.7 Å². The minimum absolute atomic E-state index is 0.0651. The lowest BCUT2D eigenvalue weighted by Gasteiger charge is -2.34. The first-order valence-corrected chi connectivity index (χ1v) is 10.7. The first kappa shape index (κ1) is 18.3. The maximum Gasteiger partial charge on any atom is 0.276 e. The van der Waals surface area contributed by atoms with Gasteiger partial charge in [0.25, 0.3) is 5.91 Å². The van der Waals surface area contributed by atoms with Crippen LogP contribution in [-0.2, 0) is 4.79 Å². The topological polar surface area (TPSA) is 80.1 Å². The van der Waals surface area contributed by atoms with E-state index in [2.05, 4.69) is 15.5 Å². The highest BCUT2D eigenvalue weighted by Gasteiger charge is 2.48. The summed E-state index contributed by atoms with van der Waals surface area (Å²) in [7, 11) is 0. The first-order chi connectivity index (χ1) is 14.1. The molecule has 3 aliphatic rings. The second-order valence-corrected chi connectivity index (χ2v) is 8.72. The van der Waals surface area contributed by atoms with E-state index in [0.29, 0.717) is 17.3 Å². The summed E-state index contributed by atoms with van der Waals surface area (Å²) in [6, 6.07) is 9.75. The van der Waals surface area contributed by atoms with Gasteiger partial charge in [-0.2, -0.15) is 9.90 Å². The van der Waals surface area contributed by atoms with Crippen LogP contribution in [0.4, 0.5) is 0 Å². The number of benzene rings is 1. The van der Waals surface area contributed by atoms with E-state index in [1.54, 1.807) is 0 Å². The molecule has 1 N–H and O–H groups in total. The van der Waals surface area contributed by atoms with Crippen molar-refractivity contribution in [2.24, 2.45) is 11.8 Å². The molecule has 7 heteroatoms. The van der Waals surface area contributed by atoms with Gasteiger partial charge in [-0.25, -0.2) is 0 Å². The summed E-state index contributed by atoms with van der Waals surface area (Å²) >= 11 is 0. The summed E-state index contributed by atoms with van der Waals surface area (Å²) in [6.45, 7) is 2.57. The standard InChI is InChI=1S/C22H27N5O2/c1-14-20(25-27(24-14)17-9-3-2-4-10-17)22(29)26-13-15-11-18(19(26)12-15)23-21(28)16-7-5-6-8-16/h2-4,9-10,15-16,18-19H,5-8,11-13H2,1H3,(H,23,28)/t15-,18-,19-/m1/s1. The number of rotatable bonds is 4. The summed E-state index contributed by atoms with van der Waals surface area (Å²) in [5.74, 6) is 0.726. The van der Waals surface area contributed by atoms with Gasteiger partial charge < -0.3 is 10.2 Å². The number of para-hydroxylation sites is 1. The molecule has 3 atom stereocenters. The van der Waals surface area contributed by atoms with Crippen LogP contribution in [0.5, 0.6) is 0 Å². The lowest BCUT2D eigenvalue weighted by atomic mass is 10.0. The number of likely N-dealkylation sites (tertiary alicyclic amines) is 1. The molecule has 1 aliphatic heterocycles. The Balaban J connectivity index is 1.32. The van der Waals surface area contributed by atoms with Crippen molar-refractivity contribution < 1.29 is 9.59 Å². The fraction of sp³-hybridized carbons (Fsp3) is 0.545. The van der Waals surface area contributed by atoms with E-state index in [1.165, 1.54) is 4.80 Å². The van der Waals surface area contributed by atoms with Gasteiger partial charge >= 0.3 is 0 Å². The molecule has 1 saturated heterocycles. The van der Waals surface area contributed by atoms with Crippen molar-refractivity contribution in [2.75, 3.05) is 6.54 Å². The quantitative estimate of drug-likeness (QED) is 0.865. The number of carbonyl (C=O) groups is 2. The van der Waals surface area contributed by atoms with E-state index in [0.717, 1.165) is 50.8 Å². The average molecular weight is 393 g/mol. The maximum absolute atomic E-state index is 13.3. The van der Waals surface area contributed by atoms with E-state index in [4.69, 9.17) is 0 Å². The van der Waals surface area contributed by atoms with E-state index in [-0.39, 0.29) is 29.8 Å². The zero-order valence-electron chi connectivity index (χ0n) is 16.8. The maximum atomic E-state index is 13.3. The molecule has 0 unspecified atom stereocenters. The van der Waals surface area contributed by atoms with Crippen LogP contribution in [0.25, 0.3) is 5.69 Å². The zero-order valence-corrected chi connectivity index (χ0v) is 16.8. The van der Waals surface area contributed by atoms with Gasteiger partial charge in [0.05, 0.1) is 17.4 Å². The van der Waals surface area contributed by atoms with E-state index < -0.39 is 0 Å². The van der Waals surface area contributed by atoms with Crippen molar-refractivity contribution in [1.82, 2.24) is 25.2 Å². The number of hydrogen-bond acceptors (Lipinski definition) is 4. The van der Waals surface area contributed by atoms with Crippen LogP contribution in [0, 0.1) is 18.8 Å². The van der Waals surface area contributed by atoms with Gasteiger partial charge in [0.2, 0.25) is 5.91 Å². The molecule has 29 heavy (non-hydrogen) atoms. The predicted octanol–water partition coefficient (Wildman–Crippen LogP) is 2.49. The van der Waals surface area contributed by atoms with Crippen molar-refractivity contribution in [2.45, 2.75) is 57.5 Å². The molecule has 0 spiro atoms. The highest BCUT2D eigenvalue weighted by molar-refractivity contribution is 5.94. The highest BCUT2D eigenvalue weighted by Crippen LogP contribution is 2.39. The van der Waals surface area contributed by atoms with Crippen molar-refractivity contribution in [3.63, 3.8) is 0 Å². The Labute approximate surface area is 170 Å². The van der Waals surface area contributed by atoms with Crippen LogP contribution < -0.4 is 5.32 Å². The molecule has 2 bridgehead atoms. The minimum atomic E-state index is -0.0722. The van der Waals surface area contributed by atoms with Crippen molar-refractivity contribution in [3.8, 4) is 5.69 Å². The molecule has 1 aromatic carbocycles. The third-order valence-electron chi connectivity index (χ3n) is 6.77. The van der Waals surface area contributed by atoms with Crippen molar-refractivity contribution >= 4 is 11.8 Å². The number of aromatic nitrogens is 3. The molecule has 2 saturated carbocycles. The molecule has 7 nitrogen and oxygen atoms in total. The molecule has 152 valence electrons. The summed E-state index contributed by atoms with van der Waals surface area (Å²) in [5, 5.41) is 12.2. The smallest absolute Gasteiger partial charge is 0.276 e. The van der Waals surface area contributed by atoms with E-state index >= 15 is 0 Å². The van der Waals surface area contributed by atoms with Gasteiger partial charge in [0.1, 0.15) is 0 Å². The normalized spacial score (nSPS) is 26.2. The number of nitrogens with zero attached hydrogens (tertiary/aromatic N) is 4. The average Bonchev–Trinajstić information content (AvgIpc) is 3.51. The lowest BCUT2D eigenvalue weighted by Crippen LogP contribution is -2.53. The van der Waals surface area contributed by atoms with Crippen molar-refractivity contribution in [1.29, 1.82) is 0 Å². The number of piperidine rings is 1. The molecule has 2 amide bonds. The number of amides is 2. The van der Waals surface area contributed by atoms with Crippen LogP contribution in [0.15, 0.2) is 30.3 Å². The Morgan fingerprint density at radius 1 is 1.07 bits per heavy atom. The van der Waals surface area contributed by atoms with Crippen molar-refractivity contribution in [3.05, 3.63) is 41.7 Å². The molecule has 0 radical (unpaired) electrons. The van der Waals surface area contributed by atoms with E-state index in [9.17, 15) is 9.59 Å². The van der Waals surface area contributed by atoms with Gasteiger partial charge in [0.15, 0.2) is 5.69 Å². The molecule has 2 aromatic rings. The highest BCUT2D eigenvalue weighted by atomic mass is 16.2. The van der Waals surface area contributed by atoms with Gasteiger partial charge in [0, 0.05) is 18.5 Å².